The molecule has 0 spiro atoms. The van der Waals surface area contributed by atoms with Gasteiger partial charge in [0.15, 0.2) is 11.5 Å². The first kappa shape index (κ1) is 20.1. The Morgan fingerprint density at radius 2 is 2.06 bits per heavy atom. The van der Waals surface area contributed by atoms with Crippen LogP contribution in [0.1, 0.15) is 27.8 Å². The van der Waals surface area contributed by atoms with Gasteiger partial charge in [-0.2, -0.15) is 4.98 Å². The van der Waals surface area contributed by atoms with E-state index in [1.165, 1.54) is 12.1 Å². The number of nitrogen functional groups attached to an aromatic ring is 1. The van der Waals surface area contributed by atoms with Crippen molar-refractivity contribution >= 4 is 23.2 Å². The summed E-state index contributed by atoms with van der Waals surface area (Å²) in [6, 6.07) is 9.65. The lowest BCUT2D eigenvalue weighted by atomic mass is 10.1. The van der Waals surface area contributed by atoms with E-state index in [4.69, 9.17) is 5.73 Å². The van der Waals surface area contributed by atoms with Crippen LogP contribution in [0.2, 0.25) is 0 Å². The molecular formula is C22H26F2N8. The maximum absolute atomic E-state index is 13.9. The molecule has 0 bridgehead atoms. The first-order valence-electron chi connectivity index (χ1n) is 10.4. The summed E-state index contributed by atoms with van der Waals surface area (Å²) in [6.45, 7) is 2.71. The number of benzene rings is 1. The van der Waals surface area contributed by atoms with Crippen molar-refractivity contribution in [2.24, 2.45) is 0 Å². The molecule has 0 radical (unpaired) electrons. The molecule has 5 rings (SSSR count). The highest BCUT2D eigenvalue weighted by Crippen LogP contribution is 2.32. The van der Waals surface area contributed by atoms with Gasteiger partial charge < -0.3 is 16.0 Å². The van der Waals surface area contributed by atoms with E-state index >= 15 is 0 Å². The minimum atomic E-state index is -0.916. The number of hydrogen-bond donors (Lipinski definition) is 2. The number of rotatable bonds is 5. The van der Waals surface area contributed by atoms with E-state index in [0.717, 1.165) is 5.56 Å². The maximum atomic E-state index is 13.9. The number of anilines is 3. The van der Waals surface area contributed by atoms with Crippen LogP contribution in [0.4, 0.5) is 26.4 Å². The molecule has 8 nitrogen and oxygen atoms in total. The third-order valence-corrected chi connectivity index (χ3v) is 5.54. The number of alkyl halides is 1. The molecule has 0 saturated carbocycles. The highest BCUT2D eigenvalue weighted by atomic mass is 19.1. The summed E-state index contributed by atoms with van der Waals surface area (Å²) in [5, 5.41) is 7.66. The van der Waals surface area contributed by atoms with Gasteiger partial charge in [-0.05, 0) is 37.1 Å². The Bertz CT molecular complexity index is 1270. The highest BCUT2D eigenvalue weighted by Gasteiger charge is 2.26. The van der Waals surface area contributed by atoms with E-state index < -0.39 is 6.17 Å². The third-order valence-electron chi connectivity index (χ3n) is 5.54. The zero-order valence-corrected chi connectivity index (χ0v) is 17.4. The number of hydrogen-bond acceptors (Lipinski definition) is 7. The molecule has 0 aliphatic carbocycles. The second-order valence-corrected chi connectivity index (χ2v) is 7.84. The van der Waals surface area contributed by atoms with Gasteiger partial charge in [-0.3, -0.25) is 0 Å². The van der Waals surface area contributed by atoms with E-state index in [1.807, 2.05) is 11.8 Å². The number of fused-ring (bicyclic) bond motifs is 1. The molecule has 0 amide bonds. The number of nitrogens with one attached hydrogen (secondary N) is 1. The first-order valence-corrected chi connectivity index (χ1v) is 10.4. The first-order chi connectivity index (χ1) is 15.5. The van der Waals surface area contributed by atoms with Crippen LogP contribution in [-0.2, 0) is 0 Å². The number of nitrogens with zero attached hydrogens (tertiary/aromatic N) is 6. The third kappa shape index (κ3) is 3.79. The minimum Gasteiger partial charge on any atom is -0.382 e. The van der Waals surface area contributed by atoms with Crippen molar-refractivity contribution in [1.29, 1.82) is 0 Å². The van der Waals surface area contributed by atoms with Crippen molar-refractivity contribution in [2.45, 2.75) is 25.6 Å². The Kier molecular flexibility index (Phi) is 5.04. The van der Waals surface area contributed by atoms with Crippen molar-refractivity contribution in [3.8, 4) is 11.3 Å². The molecule has 1 aromatic carbocycles. The van der Waals surface area contributed by atoms with Crippen molar-refractivity contribution < 1.29 is 11.6 Å². The zero-order valence-electron chi connectivity index (χ0n) is 17.4. The summed E-state index contributed by atoms with van der Waals surface area (Å²) in [7, 11) is 0. The fourth-order valence-corrected chi connectivity index (χ4v) is 3.88. The Hall–Kier alpha value is -3.82. The van der Waals surface area contributed by atoms with Crippen molar-refractivity contribution in [3.05, 3.63) is 60.2 Å². The lowest BCUT2D eigenvalue weighted by molar-refractivity contribution is 0.364. The van der Waals surface area contributed by atoms with Crippen LogP contribution in [0.15, 0.2) is 48.8 Å². The van der Waals surface area contributed by atoms with Crippen LogP contribution in [-0.4, -0.2) is 43.8 Å². The maximum Gasteiger partial charge on any atom is 0.227 e. The molecule has 4 heterocycles. The molecule has 1 aliphatic heterocycles. The number of halogens is 2. The second-order valence-electron chi connectivity index (χ2n) is 7.84. The molecule has 1 aliphatic rings. The zero-order chi connectivity index (χ0) is 22.2. The van der Waals surface area contributed by atoms with Gasteiger partial charge >= 0.3 is 0 Å². The second kappa shape index (κ2) is 8.03. The molecule has 1 fully saturated rings. The summed E-state index contributed by atoms with van der Waals surface area (Å²) >= 11 is 0. The van der Waals surface area contributed by atoms with Gasteiger partial charge in [0, 0.05) is 33.9 Å². The van der Waals surface area contributed by atoms with Crippen molar-refractivity contribution in [3.63, 3.8) is 0 Å². The van der Waals surface area contributed by atoms with Crippen LogP contribution < -0.4 is 16.0 Å². The van der Waals surface area contributed by atoms with Crippen LogP contribution in [0.5, 0.6) is 0 Å². The predicted octanol–water partition coefficient (Wildman–Crippen LogP) is 4.12. The molecule has 3 aromatic heterocycles. The fourth-order valence-electron chi connectivity index (χ4n) is 3.88. The van der Waals surface area contributed by atoms with E-state index in [9.17, 15) is 8.78 Å². The summed E-state index contributed by atoms with van der Waals surface area (Å²) in [5.41, 5.74) is 8.80. The van der Waals surface area contributed by atoms with E-state index in [2.05, 4.69) is 25.4 Å². The van der Waals surface area contributed by atoms with Crippen LogP contribution in [0.3, 0.4) is 0 Å². The monoisotopic (exact) mass is 440 g/mol. The quantitative estimate of drug-likeness (QED) is 0.482. The van der Waals surface area contributed by atoms with Crippen LogP contribution in [0, 0.1) is 5.82 Å². The standard InChI is InChI=1S/C22H22F2N8.2H2/c1-13(14-3-5-15(23)6-4-14)27-18-11-17(28-22(29-18)31-10-7-16(24)12-31)19-20(25)30-32-9-2-8-26-21(19)32;;/h2-6,8-9,11,13,16H,7,10,12H2,1H3,(H2,25,30)(H,27,28,29);2*1H/t13-,16-;;/m0../s1. The average molecular weight is 441 g/mol. The lowest BCUT2D eigenvalue weighted by Gasteiger charge is -2.20. The fraction of sp³-hybridized carbons (Fsp3) is 0.273. The van der Waals surface area contributed by atoms with Crippen molar-refractivity contribution in [2.75, 3.05) is 29.0 Å². The Balaban J connectivity index is 0.00000162. The smallest absolute Gasteiger partial charge is 0.227 e. The highest BCUT2D eigenvalue weighted by molar-refractivity contribution is 5.85. The Morgan fingerprint density at radius 1 is 1.25 bits per heavy atom. The van der Waals surface area contributed by atoms with Crippen molar-refractivity contribution in [1.82, 2.24) is 24.6 Å². The molecule has 0 unspecified atom stereocenters. The summed E-state index contributed by atoms with van der Waals surface area (Å²) in [6.07, 6.45) is 2.93. The lowest BCUT2D eigenvalue weighted by Crippen LogP contribution is -2.23. The SMILES string of the molecule is C[C@H](Nc1cc(-c2c(N)nn3cccnc23)nc(N2CC[C@H](F)C2)n1)c1ccc(F)cc1.[HH].[HH]. The van der Waals surface area contributed by atoms with Gasteiger partial charge in [0.05, 0.1) is 17.8 Å². The minimum absolute atomic E-state index is 0. The largest absolute Gasteiger partial charge is 0.382 e. The Morgan fingerprint density at radius 3 is 2.81 bits per heavy atom. The van der Waals surface area contributed by atoms with Gasteiger partial charge in [0.25, 0.3) is 0 Å². The molecule has 2 atom stereocenters. The normalized spacial score (nSPS) is 17.1. The summed E-state index contributed by atoms with van der Waals surface area (Å²) in [4.78, 5) is 15.5. The summed E-state index contributed by atoms with van der Waals surface area (Å²) in [5.74, 6) is 0.944. The van der Waals surface area contributed by atoms with Gasteiger partial charge in [-0.15, -0.1) is 5.10 Å². The van der Waals surface area contributed by atoms with Crippen LogP contribution in [0.25, 0.3) is 16.9 Å². The summed E-state index contributed by atoms with van der Waals surface area (Å²) < 4.78 is 28.8. The molecule has 3 N–H and O–H groups in total. The molecule has 10 heteroatoms. The Labute approximate surface area is 186 Å². The molecule has 32 heavy (non-hydrogen) atoms. The molecule has 168 valence electrons. The molecule has 1 saturated heterocycles. The molecule has 4 aromatic rings. The number of aromatic nitrogens is 5. The number of nitrogens with two attached hydrogens (primary N) is 1. The predicted molar refractivity (Wildman–Crippen MR) is 123 cm³/mol. The van der Waals surface area contributed by atoms with E-state index in [-0.39, 0.29) is 27.1 Å². The molecular weight excluding hydrogens is 414 g/mol. The van der Waals surface area contributed by atoms with Gasteiger partial charge in [0.1, 0.15) is 17.8 Å². The van der Waals surface area contributed by atoms with E-state index in [1.54, 1.807) is 41.2 Å². The van der Waals surface area contributed by atoms with Gasteiger partial charge in [-0.25, -0.2) is 23.3 Å². The average Bonchev–Trinajstić information content (AvgIpc) is 3.36. The topological polar surface area (TPSA) is 97.3 Å². The van der Waals surface area contributed by atoms with Gasteiger partial charge in [0.2, 0.25) is 5.95 Å². The van der Waals surface area contributed by atoms with Crippen LogP contribution >= 0.6 is 0 Å². The van der Waals surface area contributed by atoms with E-state index in [0.29, 0.717) is 41.6 Å². The van der Waals surface area contributed by atoms with Gasteiger partial charge in [-0.1, -0.05) is 12.1 Å².